The molecule has 19 heavy (non-hydrogen) atoms. The van der Waals surface area contributed by atoms with E-state index in [2.05, 4.69) is 21.2 Å². The summed E-state index contributed by atoms with van der Waals surface area (Å²) in [5.74, 6) is -0.157. The molecular formula is C13H20BrN3O2. The topological polar surface area (TPSA) is 67.6 Å². The predicted octanol–water partition coefficient (Wildman–Crippen LogP) is 1.34. The summed E-state index contributed by atoms with van der Waals surface area (Å²) in [6.45, 7) is 2.51. The molecule has 0 radical (unpaired) electrons. The molecule has 1 rings (SSSR count). The van der Waals surface area contributed by atoms with Crippen LogP contribution in [-0.4, -0.2) is 51.2 Å². The van der Waals surface area contributed by atoms with Crippen molar-refractivity contribution in [2.24, 2.45) is 0 Å². The fourth-order valence-electron chi connectivity index (χ4n) is 1.41. The van der Waals surface area contributed by atoms with Gasteiger partial charge in [-0.05, 0) is 42.2 Å². The fraction of sp³-hybridized carbons (Fsp3) is 0.462. The maximum absolute atomic E-state index is 11.9. The van der Waals surface area contributed by atoms with Crippen LogP contribution in [0.25, 0.3) is 0 Å². The summed E-state index contributed by atoms with van der Waals surface area (Å²) >= 11 is 3.31. The summed E-state index contributed by atoms with van der Waals surface area (Å²) in [5.41, 5.74) is 6.81. The van der Waals surface area contributed by atoms with Gasteiger partial charge in [-0.15, -0.1) is 0 Å². The van der Waals surface area contributed by atoms with E-state index in [0.717, 1.165) is 6.54 Å². The number of nitrogen functional groups attached to an aromatic ring is 1. The van der Waals surface area contributed by atoms with E-state index in [9.17, 15) is 4.79 Å². The second-order valence-corrected chi connectivity index (χ2v) is 5.17. The zero-order chi connectivity index (χ0) is 14.3. The van der Waals surface area contributed by atoms with Gasteiger partial charge in [-0.2, -0.15) is 0 Å². The minimum absolute atomic E-state index is 0.157. The first kappa shape index (κ1) is 15.9. The zero-order valence-corrected chi connectivity index (χ0v) is 12.9. The highest BCUT2D eigenvalue weighted by molar-refractivity contribution is 9.10. The van der Waals surface area contributed by atoms with E-state index in [-0.39, 0.29) is 5.91 Å². The van der Waals surface area contributed by atoms with Gasteiger partial charge in [0.05, 0.1) is 23.2 Å². The molecule has 0 bridgehead atoms. The van der Waals surface area contributed by atoms with Gasteiger partial charge in [-0.1, -0.05) is 6.07 Å². The molecular weight excluding hydrogens is 310 g/mol. The van der Waals surface area contributed by atoms with Gasteiger partial charge in [0.1, 0.15) is 0 Å². The van der Waals surface area contributed by atoms with Gasteiger partial charge in [0.2, 0.25) is 0 Å². The highest BCUT2D eigenvalue weighted by Gasteiger charge is 2.10. The van der Waals surface area contributed by atoms with Crippen LogP contribution in [0.2, 0.25) is 0 Å². The van der Waals surface area contributed by atoms with Crippen molar-refractivity contribution in [1.82, 2.24) is 10.2 Å². The molecule has 1 aromatic rings. The highest BCUT2D eigenvalue weighted by atomic mass is 79.9. The molecule has 1 amide bonds. The van der Waals surface area contributed by atoms with Crippen molar-refractivity contribution in [2.75, 3.05) is 46.1 Å². The molecule has 0 aliphatic heterocycles. The third kappa shape index (κ3) is 5.59. The third-order valence-corrected chi connectivity index (χ3v) is 3.37. The fourth-order valence-corrected chi connectivity index (χ4v) is 1.85. The number of benzene rings is 1. The van der Waals surface area contributed by atoms with Crippen LogP contribution in [0.1, 0.15) is 10.4 Å². The maximum atomic E-state index is 11.9. The van der Waals surface area contributed by atoms with Gasteiger partial charge >= 0.3 is 0 Å². The van der Waals surface area contributed by atoms with E-state index in [0.29, 0.717) is 35.5 Å². The number of halogens is 1. The molecule has 0 aromatic heterocycles. The molecule has 0 aliphatic carbocycles. The largest absolute Gasteiger partial charge is 0.398 e. The number of amides is 1. The Balaban J connectivity index is 2.30. The molecule has 106 valence electrons. The lowest BCUT2D eigenvalue weighted by Crippen LogP contribution is -2.28. The van der Waals surface area contributed by atoms with Crippen LogP contribution < -0.4 is 11.1 Å². The monoisotopic (exact) mass is 329 g/mol. The highest BCUT2D eigenvalue weighted by Crippen LogP contribution is 2.23. The number of ether oxygens (including phenoxy) is 1. The van der Waals surface area contributed by atoms with E-state index in [1.807, 2.05) is 19.0 Å². The van der Waals surface area contributed by atoms with Gasteiger partial charge in [0, 0.05) is 18.8 Å². The Morgan fingerprint density at radius 3 is 2.84 bits per heavy atom. The van der Waals surface area contributed by atoms with Crippen LogP contribution in [0.4, 0.5) is 5.69 Å². The third-order valence-electron chi connectivity index (χ3n) is 2.49. The molecule has 0 heterocycles. The first-order valence-corrected chi connectivity index (χ1v) is 6.86. The molecule has 5 nitrogen and oxygen atoms in total. The minimum Gasteiger partial charge on any atom is -0.398 e. The molecule has 0 saturated carbocycles. The van der Waals surface area contributed by atoms with Gasteiger partial charge < -0.3 is 20.7 Å². The van der Waals surface area contributed by atoms with E-state index in [1.165, 1.54) is 0 Å². The number of anilines is 1. The lowest BCUT2D eigenvalue weighted by molar-refractivity contribution is 0.0899. The lowest BCUT2D eigenvalue weighted by atomic mass is 10.2. The van der Waals surface area contributed by atoms with E-state index < -0.39 is 0 Å². The summed E-state index contributed by atoms with van der Waals surface area (Å²) in [4.78, 5) is 13.9. The summed E-state index contributed by atoms with van der Waals surface area (Å²) in [7, 11) is 3.98. The zero-order valence-electron chi connectivity index (χ0n) is 11.3. The molecule has 0 fully saturated rings. The molecule has 0 atom stereocenters. The number of hydrogen-bond donors (Lipinski definition) is 2. The number of likely N-dealkylation sites (N-methyl/N-ethyl adjacent to an activating group) is 1. The van der Waals surface area contributed by atoms with Crippen LogP contribution in [0, 0.1) is 0 Å². The maximum Gasteiger partial charge on any atom is 0.252 e. The van der Waals surface area contributed by atoms with Crippen LogP contribution in [0.3, 0.4) is 0 Å². The van der Waals surface area contributed by atoms with Crippen molar-refractivity contribution in [3.8, 4) is 0 Å². The number of nitrogens with two attached hydrogens (primary N) is 1. The molecule has 1 aromatic carbocycles. The van der Waals surface area contributed by atoms with Crippen LogP contribution in [-0.2, 0) is 4.74 Å². The summed E-state index contributed by atoms with van der Waals surface area (Å²) in [6.07, 6.45) is 0. The van der Waals surface area contributed by atoms with Crippen LogP contribution >= 0.6 is 15.9 Å². The Kier molecular flexibility index (Phi) is 6.83. The smallest absolute Gasteiger partial charge is 0.252 e. The van der Waals surface area contributed by atoms with Crippen molar-refractivity contribution in [1.29, 1.82) is 0 Å². The molecule has 0 unspecified atom stereocenters. The van der Waals surface area contributed by atoms with E-state index in [4.69, 9.17) is 10.5 Å². The molecule has 0 aliphatic rings. The quantitative estimate of drug-likeness (QED) is 0.585. The second kappa shape index (κ2) is 8.14. The van der Waals surface area contributed by atoms with Crippen molar-refractivity contribution < 1.29 is 9.53 Å². The van der Waals surface area contributed by atoms with Crippen molar-refractivity contribution in [3.05, 3.63) is 28.2 Å². The number of nitrogens with zero attached hydrogens (tertiary/aromatic N) is 1. The van der Waals surface area contributed by atoms with E-state index >= 15 is 0 Å². The normalized spacial score (nSPS) is 10.7. The van der Waals surface area contributed by atoms with Gasteiger partial charge in [-0.25, -0.2) is 0 Å². The first-order chi connectivity index (χ1) is 9.02. The predicted molar refractivity (Wildman–Crippen MR) is 80.3 cm³/mol. The first-order valence-electron chi connectivity index (χ1n) is 6.07. The SMILES string of the molecule is CN(C)CCOCCNC(=O)c1cccc(N)c1Br. The minimum atomic E-state index is -0.157. The number of rotatable bonds is 7. The van der Waals surface area contributed by atoms with Gasteiger partial charge in [-0.3, -0.25) is 4.79 Å². The molecule has 0 spiro atoms. The van der Waals surface area contributed by atoms with Crippen molar-refractivity contribution >= 4 is 27.5 Å². The van der Waals surface area contributed by atoms with Crippen LogP contribution in [0.5, 0.6) is 0 Å². The summed E-state index contributed by atoms with van der Waals surface area (Å²) < 4.78 is 6.02. The standard InChI is InChI=1S/C13H20BrN3O2/c1-17(2)7-9-19-8-6-16-13(18)10-4-3-5-11(15)12(10)14/h3-5H,6-9,15H2,1-2H3,(H,16,18). The van der Waals surface area contributed by atoms with Gasteiger partial charge in [0.25, 0.3) is 5.91 Å². The van der Waals surface area contributed by atoms with Crippen LogP contribution in [0.15, 0.2) is 22.7 Å². The molecule has 3 N–H and O–H groups in total. The Morgan fingerprint density at radius 1 is 1.42 bits per heavy atom. The average molecular weight is 330 g/mol. The number of carbonyl (C=O) groups is 1. The molecule has 0 saturated heterocycles. The Bertz CT molecular complexity index is 424. The van der Waals surface area contributed by atoms with Gasteiger partial charge in [0.15, 0.2) is 0 Å². The Morgan fingerprint density at radius 2 is 2.16 bits per heavy atom. The number of carbonyl (C=O) groups excluding carboxylic acids is 1. The lowest BCUT2D eigenvalue weighted by Gasteiger charge is -2.11. The Hall–Kier alpha value is -1.11. The average Bonchev–Trinajstić information content (AvgIpc) is 2.36. The second-order valence-electron chi connectivity index (χ2n) is 4.38. The number of nitrogens with one attached hydrogen (secondary N) is 1. The Labute approximate surface area is 122 Å². The summed E-state index contributed by atoms with van der Waals surface area (Å²) in [5, 5.41) is 2.79. The van der Waals surface area contributed by atoms with Crippen molar-refractivity contribution in [3.63, 3.8) is 0 Å². The van der Waals surface area contributed by atoms with E-state index in [1.54, 1.807) is 18.2 Å². The number of hydrogen-bond acceptors (Lipinski definition) is 4. The molecule has 6 heteroatoms. The summed E-state index contributed by atoms with van der Waals surface area (Å²) in [6, 6.07) is 5.22. The van der Waals surface area contributed by atoms with Crippen molar-refractivity contribution in [2.45, 2.75) is 0 Å².